The lowest BCUT2D eigenvalue weighted by Gasteiger charge is -2.15. The Labute approximate surface area is 604 Å². The SMILES string of the molecule is c1cc(-c2ccc3c(ccc4ccccc43)c2)cc(-n2c3ccccc3c3c4c5ccccc5c5ccccc5c4c4c5ccccc5sc4c32)c1.c1ccc2c(c1)ccc1ccc(-c3ccc(-n4c5ccccc5c5c6c7ccccc7c7ccccc7c6c6c7ccccc7sc6c54)cc3)cc12. The zero-order valence-corrected chi connectivity index (χ0v) is 57.8. The number of fused-ring (bicyclic) bond motifs is 36. The van der Waals surface area contributed by atoms with E-state index in [9.17, 15) is 0 Å². The number of benzene rings is 20. The van der Waals surface area contributed by atoms with Gasteiger partial charge >= 0.3 is 0 Å². The van der Waals surface area contributed by atoms with E-state index < -0.39 is 0 Å². The van der Waals surface area contributed by atoms with Crippen LogP contribution in [0.4, 0.5) is 0 Å². The Hall–Kier alpha value is -13.0. The first-order chi connectivity index (χ1) is 51.6. The van der Waals surface area contributed by atoms with Crippen LogP contribution in [0.2, 0.25) is 0 Å². The van der Waals surface area contributed by atoms with Crippen LogP contribution in [0, 0.1) is 0 Å². The lowest BCUT2D eigenvalue weighted by molar-refractivity contribution is 1.19. The zero-order chi connectivity index (χ0) is 67.8. The molecule has 0 atom stereocenters. The Balaban J connectivity index is 0.000000127. The van der Waals surface area contributed by atoms with Crippen LogP contribution in [-0.4, -0.2) is 9.13 Å². The molecule has 0 unspecified atom stereocenters. The van der Waals surface area contributed by atoms with Crippen LogP contribution in [-0.2, 0) is 0 Å². The molecule has 2 nitrogen and oxygen atoms in total. The third-order valence-electron chi connectivity index (χ3n) is 22.6. The van der Waals surface area contributed by atoms with Crippen molar-refractivity contribution >= 4 is 214 Å². The van der Waals surface area contributed by atoms with Crippen LogP contribution in [0.1, 0.15) is 0 Å². The topological polar surface area (TPSA) is 9.86 Å². The van der Waals surface area contributed by atoms with E-state index in [4.69, 9.17) is 0 Å². The number of rotatable bonds is 4. The largest absolute Gasteiger partial charge is 0.308 e. The molecule has 0 aliphatic heterocycles. The Kier molecular flexibility index (Phi) is 12.4. The fourth-order valence-electron chi connectivity index (χ4n) is 18.2. The number of para-hydroxylation sites is 2. The van der Waals surface area contributed by atoms with E-state index in [1.54, 1.807) is 0 Å². The average molecular weight is 1350 g/mol. The van der Waals surface area contributed by atoms with E-state index in [2.05, 4.69) is 361 Å². The Morgan fingerprint density at radius 3 is 1.04 bits per heavy atom. The van der Waals surface area contributed by atoms with Crippen LogP contribution in [0.15, 0.2) is 352 Å². The highest BCUT2D eigenvalue weighted by molar-refractivity contribution is 7.27. The van der Waals surface area contributed by atoms with Gasteiger partial charge in [-0.15, -0.1) is 22.7 Å². The number of aromatic nitrogens is 2. The molecule has 0 radical (unpaired) electrons. The summed E-state index contributed by atoms with van der Waals surface area (Å²) < 4.78 is 10.4. The summed E-state index contributed by atoms with van der Waals surface area (Å²) in [6.45, 7) is 0. The molecule has 0 bridgehead atoms. The third-order valence-corrected chi connectivity index (χ3v) is 25.0. The summed E-state index contributed by atoms with van der Waals surface area (Å²) in [5.74, 6) is 0. The van der Waals surface area contributed by atoms with Gasteiger partial charge in [0.15, 0.2) is 0 Å². The van der Waals surface area contributed by atoms with Gasteiger partial charge in [0.25, 0.3) is 0 Å². The molecule has 0 spiro atoms. The normalized spacial score (nSPS) is 12.2. The molecule has 0 fully saturated rings. The Bertz CT molecular complexity index is 7850. The lowest BCUT2D eigenvalue weighted by Crippen LogP contribution is -1.95. The smallest absolute Gasteiger partial charge is 0.0726 e. The minimum Gasteiger partial charge on any atom is -0.308 e. The van der Waals surface area contributed by atoms with Crippen LogP contribution in [0.3, 0.4) is 0 Å². The molecule has 0 N–H and O–H groups in total. The molecule has 0 aliphatic rings. The summed E-state index contributed by atoms with van der Waals surface area (Å²) >= 11 is 3.85. The van der Waals surface area contributed by atoms with Gasteiger partial charge in [-0.05, 0) is 169 Å². The molecule has 24 rings (SSSR count). The number of nitrogens with zero attached hydrogens (tertiary/aromatic N) is 2. The molecule has 20 aromatic carbocycles. The van der Waals surface area contributed by atoms with E-state index in [-0.39, 0.29) is 0 Å². The minimum absolute atomic E-state index is 1.17. The van der Waals surface area contributed by atoms with Gasteiger partial charge in [-0.3, -0.25) is 0 Å². The quantitative estimate of drug-likeness (QED) is 0.155. The van der Waals surface area contributed by atoms with Gasteiger partial charge in [-0.25, -0.2) is 0 Å². The molecule has 104 heavy (non-hydrogen) atoms. The van der Waals surface area contributed by atoms with Crippen molar-refractivity contribution in [2.75, 3.05) is 0 Å². The second-order valence-corrected chi connectivity index (χ2v) is 30.1. The Morgan fingerprint density at radius 2 is 0.519 bits per heavy atom. The van der Waals surface area contributed by atoms with E-state index in [0.29, 0.717) is 0 Å². The van der Waals surface area contributed by atoms with Gasteiger partial charge in [0.05, 0.1) is 31.5 Å². The zero-order valence-electron chi connectivity index (χ0n) is 56.2. The first-order valence-electron chi connectivity index (χ1n) is 35.9. The summed E-state index contributed by atoms with van der Waals surface area (Å²) in [4.78, 5) is 0. The maximum Gasteiger partial charge on any atom is 0.0726 e. The first-order valence-corrected chi connectivity index (χ1v) is 37.5. The van der Waals surface area contributed by atoms with Crippen molar-refractivity contribution in [1.82, 2.24) is 9.13 Å². The molecule has 24 aromatic rings. The summed E-state index contributed by atoms with van der Waals surface area (Å²) in [6.07, 6.45) is 0. The van der Waals surface area contributed by atoms with Gasteiger partial charge in [0, 0.05) is 85.4 Å². The van der Waals surface area contributed by atoms with E-state index >= 15 is 0 Å². The van der Waals surface area contributed by atoms with Crippen molar-refractivity contribution in [3.63, 3.8) is 0 Å². The predicted molar refractivity (Wildman–Crippen MR) is 453 cm³/mol. The van der Waals surface area contributed by atoms with Gasteiger partial charge < -0.3 is 9.13 Å². The second-order valence-electron chi connectivity index (χ2n) is 28.0. The summed E-state index contributed by atoms with van der Waals surface area (Å²) in [6, 6.07) is 130. The fraction of sp³-hybridized carbons (Fsp3) is 0. The number of hydrogen-bond acceptors (Lipinski definition) is 2. The van der Waals surface area contributed by atoms with Crippen LogP contribution >= 0.6 is 22.7 Å². The molecule has 0 saturated carbocycles. The van der Waals surface area contributed by atoms with Crippen LogP contribution in [0.5, 0.6) is 0 Å². The molecule has 4 aromatic heterocycles. The highest BCUT2D eigenvalue weighted by Gasteiger charge is 2.28. The van der Waals surface area contributed by atoms with Crippen molar-refractivity contribution in [1.29, 1.82) is 0 Å². The summed E-state index contributed by atoms with van der Waals surface area (Å²) in [5.41, 5.74) is 12.2. The molecule has 4 heteroatoms. The Morgan fingerprint density at radius 1 is 0.173 bits per heavy atom. The summed E-state index contributed by atoms with van der Waals surface area (Å²) in [5, 5.41) is 36.7. The molecular weight excluding hydrogens is 1290 g/mol. The van der Waals surface area contributed by atoms with Gasteiger partial charge in [0.1, 0.15) is 0 Å². The molecule has 4 heterocycles. The van der Waals surface area contributed by atoms with Gasteiger partial charge in [-0.1, -0.05) is 291 Å². The lowest BCUT2D eigenvalue weighted by atomic mass is 9.89. The van der Waals surface area contributed by atoms with Crippen molar-refractivity contribution in [2.45, 2.75) is 0 Å². The second kappa shape index (κ2) is 22.3. The monoisotopic (exact) mass is 1350 g/mol. The van der Waals surface area contributed by atoms with Crippen LogP contribution < -0.4 is 0 Å². The van der Waals surface area contributed by atoms with Gasteiger partial charge in [0.2, 0.25) is 0 Å². The van der Waals surface area contributed by atoms with Crippen LogP contribution in [0.25, 0.3) is 225 Å². The summed E-state index contributed by atoms with van der Waals surface area (Å²) in [7, 11) is 0. The van der Waals surface area contributed by atoms with Crippen molar-refractivity contribution in [3.8, 4) is 33.6 Å². The molecule has 480 valence electrons. The van der Waals surface area contributed by atoms with E-state index in [1.807, 2.05) is 22.7 Å². The molecule has 0 saturated heterocycles. The fourth-order valence-corrected chi connectivity index (χ4v) is 20.7. The first kappa shape index (κ1) is 57.8. The molecule has 0 amide bonds. The maximum atomic E-state index is 2.55. The maximum absolute atomic E-state index is 2.55. The average Bonchev–Trinajstić information content (AvgIpc) is 1.54. The van der Waals surface area contributed by atoms with Gasteiger partial charge in [-0.2, -0.15) is 0 Å². The standard InChI is InChI=1S/2C50H29NS/c1-2-15-35-30(12-1)24-25-33-28-32(26-27-36(33)35)31-13-11-14-34(29-31)51-43-22-9-7-20-41(43)47-45-39-18-5-3-16-37(39)38-17-4-6-19-40(38)46(45)48-42-21-8-10-23-44(42)52-50(48)49(47)51;1-2-12-35-31(11-1)21-22-32-23-24-33(29-42(32)35)30-25-27-34(28-26-30)51-43-19-9-7-17-40(43)47-45-38-15-5-3-13-36(38)37-14-4-6-16-39(37)46(45)48-41-18-8-10-20-44(41)52-50(48)49(47)51/h2*1-29H. The number of thiophene rings is 2. The highest BCUT2D eigenvalue weighted by Crippen LogP contribution is 2.55. The van der Waals surface area contributed by atoms with E-state index in [0.717, 1.165) is 0 Å². The predicted octanol–water partition coefficient (Wildman–Crippen LogP) is 29.2. The molecule has 0 aliphatic carbocycles. The van der Waals surface area contributed by atoms with Crippen molar-refractivity contribution < 1.29 is 0 Å². The highest BCUT2D eigenvalue weighted by atomic mass is 32.1. The number of hydrogen-bond donors (Lipinski definition) is 0. The minimum atomic E-state index is 1.17. The third kappa shape index (κ3) is 8.26. The van der Waals surface area contributed by atoms with E-state index in [1.165, 1.54) is 225 Å². The van der Waals surface area contributed by atoms with Crippen molar-refractivity contribution in [2.24, 2.45) is 0 Å². The van der Waals surface area contributed by atoms with Crippen molar-refractivity contribution in [3.05, 3.63) is 352 Å². The molecular formula is C100H58N2S2.